The average Bonchev–Trinajstić information content (AvgIpc) is 2.20. The topological polar surface area (TPSA) is 0 Å². The van der Waals surface area contributed by atoms with Gasteiger partial charge in [0.25, 0.3) is 0 Å². The van der Waals surface area contributed by atoms with Crippen molar-refractivity contribution in [1.82, 2.24) is 0 Å². The molecule has 0 bridgehead atoms. The number of hydrogen-bond donors (Lipinski definition) is 0. The molecule has 1 heteroatoms. The smallest absolute Gasteiger partial charge is 0.332 e. The van der Waals surface area contributed by atoms with Crippen LogP contribution in [0.15, 0.2) is 35.5 Å². The van der Waals surface area contributed by atoms with Gasteiger partial charge in [-0.25, -0.2) is 0 Å². The summed E-state index contributed by atoms with van der Waals surface area (Å²) in [6, 6.07) is 0. The molecule has 2 aliphatic carbocycles. The fourth-order valence-corrected chi connectivity index (χ4v) is 2.23. The zero-order chi connectivity index (χ0) is 9.10. The molecule has 0 N–H and O–H groups in total. The van der Waals surface area contributed by atoms with E-state index in [1.807, 2.05) is 0 Å². The Labute approximate surface area is 106 Å². The van der Waals surface area contributed by atoms with Crippen molar-refractivity contribution in [3.8, 4) is 0 Å². The van der Waals surface area contributed by atoms with Crippen LogP contribution < -0.4 is 0 Å². The summed E-state index contributed by atoms with van der Waals surface area (Å²) in [5.74, 6) is 0.401. The molecule has 0 aromatic rings. The summed E-state index contributed by atoms with van der Waals surface area (Å²) >= 11 is 0. The Morgan fingerprint density at radius 3 is 2.43 bits per heavy atom. The molecular weight excluding hydrogens is 335 g/mol. The first-order chi connectivity index (χ1) is 6.38. The third-order valence-corrected chi connectivity index (χ3v) is 3.00. The normalized spacial score (nSPS) is 26.2. The molecule has 1 fully saturated rings. The minimum atomic E-state index is 0. The van der Waals surface area contributed by atoms with Gasteiger partial charge in [0.1, 0.15) is 0 Å². The Morgan fingerprint density at radius 2 is 1.79 bits per heavy atom. The molecule has 14 heavy (non-hydrogen) atoms. The van der Waals surface area contributed by atoms with Crippen molar-refractivity contribution in [2.24, 2.45) is 5.92 Å². The van der Waals surface area contributed by atoms with Crippen LogP contribution in [-0.4, -0.2) is 0 Å². The van der Waals surface area contributed by atoms with Crippen molar-refractivity contribution in [2.75, 3.05) is 0 Å². The van der Waals surface area contributed by atoms with Crippen LogP contribution in [0.3, 0.4) is 0 Å². The molecule has 0 aliphatic heterocycles. The molecule has 2 aliphatic rings. The molecule has 70 valence electrons. The van der Waals surface area contributed by atoms with Gasteiger partial charge in [0.15, 0.2) is 0 Å². The Bertz CT molecular complexity index is 263. The average molecular weight is 352 g/mol. The zero-order valence-corrected chi connectivity index (χ0v) is 12.2. The molecule has 1 atom stereocenters. The molecule has 0 spiro atoms. The second kappa shape index (κ2) is 5.85. The zero-order valence-electron chi connectivity index (χ0n) is 8.63. The summed E-state index contributed by atoms with van der Waals surface area (Å²) in [6.07, 6.45) is 15.5. The van der Waals surface area contributed by atoms with E-state index in [0.29, 0.717) is 5.92 Å². The van der Waals surface area contributed by atoms with Crippen LogP contribution in [0.4, 0.5) is 0 Å². The van der Waals surface area contributed by atoms with Crippen LogP contribution in [0.1, 0.15) is 32.1 Å². The first-order valence-corrected chi connectivity index (χ1v) is 5.28. The Kier molecular flexibility index (Phi) is 5.08. The largest absolute Gasteiger partial charge is 4.00 e. The molecule has 0 saturated heterocycles. The third-order valence-electron chi connectivity index (χ3n) is 3.00. The minimum Gasteiger partial charge on any atom is -0.332 e. The first kappa shape index (κ1) is 12.2. The van der Waals surface area contributed by atoms with Crippen LogP contribution in [-0.2, 0) is 25.8 Å². The molecule has 0 heterocycles. The molecule has 0 aromatic heterocycles. The quantitative estimate of drug-likeness (QED) is 0.460. The van der Waals surface area contributed by atoms with Gasteiger partial charge in [0.05, 0.1) is 0 Å². The van der Waals surface area contributed by atoms with Crippen molar-refractivity contribution < 1.29 is 25.8 Å². The van der Waals surface area contributed by atoms with E-state index in [-0.39, 0.29) is 25.8 Å². The molecule has 0 amide bonds. The summed E-state index contributed by atoms with van der Waals surface area (Å²) in [7, 11) is 0. The summed E-state index contributed by atoms with van der Waals surface area (Å²) in [5, 5.41) is 0. The first-order valence-electron chi connectivity index (χ1n) is 5.28. The number of allylic oxidation sites excluding steroid dienone is 6. The van der Waals surface area contributed by atoms with E-state index >= 15 is 0 Å². The molecule has 1 saturated carbocycles. The van der Waals surface area contributed by atoms with Gasteiger partial charge < -0.3 is 6.92 Å². The SMILES string of the molecule is [CH2-]C1C=CC=CC1=C1CCCCC1.[Hf+4]. The Hall–Kier alpha value is 0.0901. The van der Waals surface area contributed by atoms with Crippen LogP contribution >= 0.6 is 0 Å². The monoisotopic (exact) mass is 353 g/mol. The summed E-state index contributed by atoms with van der Waals surface area (Å²) in [5.41, 5.74) is 3.15. The molecule has 0 nitrogen and oxygen atoms in total. The van der Waals surface area contributed by atoms with Gasteiger partial charge in [-0.15, -0.1) is 12.0 Å². The van der Waals surface area contributed by atoms with Crippen LogP contribution in [0.25, 0.3) is 0 Å². The maximum absolute atomic E-state index is 4.16. The summed E-state index contributed by atoms with van der Waals surface area (Å²) < 4.78 is 0. The van der Waals surface area contributed by atoms with E-state index in [1.54, 1.807) is 5.57 Å². The molecule has 0 radical (unpaired) electrons. The second-order valence-electron chi connectivity index (χ2n) is 3.97. The molecule has 0 aromatic carbocycles. The molecular formula is C13H17Hf+3. The fraction of sp³-hybridized carbons (Fsp3) is 0.462. The van der Waals surface area contributed by atoms with E-state index < -0.39 is 0 Å². The van der Waals surface area contributed by atoms with Crippen molar-refractivity contribution in [2.45, 2.75) is 32.1 Å². The minimum absolute atomic E-state index is 0. The van der Waals surface area contributed by atoms with Gasteiger partial charge in [0.2, 0.25) is 0 Å². The summed E-state index contributed by atoms with van der Waals surface area (Å²) in [4.78, 5) is 0. The number of hydrogen-bond acceptors (Lipinski definition) is 0. The number of rotatable bonds is 0. The maximum atomic E-state index is 4.16. The van der Waals surface area contributed by atoms with Gasteiger partial charge in [-0.05, 0) is 25.7 Å². The van der Waals surface area contributed by atoms with E-state index in [4.69, 9.17) is 0 Å². The van der Waals surface area contributed by atoms with Gasteiger partial charge in [-0.1, -0.05) is 35.8 Å². The van der Waals surface area contributed by atoms with Gasteiger partial charge in [-0.2, -0.15) is 0 Å². The Morgan fingerprint density at radius 1 is 1.07 bits per heavy atom. The van der Waals surface area contributed by atoms with Crippen molar-refractivity contribution in [3.63, 3.8) is 0 Å². The van der Waals surface area contributed by atoms with Gasteiger partial charge in [0, 0.05) is 0 Å². The van der Waals surface area contributed by atoms with E-state index in [0.717, 1.165) is 0 Å². The second-order valence-corrected chi connectivity index (χ2v) is 3.97. The van der Waals surface area contributed by atoms with E-state index in [2.05, 4.69) is 31.2 Å². The summed E-state index contributed by atoms with van der Waals surface area (Å²) in [6.45, 7) is 4.16. The van der Waals surface area contributed by atoms with Crippen molar-refractivity contribution in [1.29, 1.82) is 0 Å². The van der Waals surface area contributed by atoms with E-state index in [9.17, 15) is 0 Å². The Balaban J connectivity index is 0.000000980. The van der Waals surface area contributed by atoms with Crippen molar-refractivity contribution >= 4 is 0 Å². The van der Waals surface area contributed by atoms with Gasteiger partial charge in [-0.3, -0.25) is 0 Å². The predicted octanol–water partition coefficient (Wildman–Crippen LogP) is 3.82. The molecule has 1 unspecified atom stereocenters. The van der Waals surface area contributed by atoms with Crippen LogP contribution in [0.5, 0.6) is 0 Å². The molecule has 2 rings (SSSR count). The van der Waals surface area contributed by atoms with Gasteiger partial charge >= 0.3 is 25.8 Å². The van der Waals surface area contributed by atoms with Crippen LogP contribution in [0, 0.1) is 12.8 Å². The third kappa shape index (κ3) is 2.79. The maximum Gasteiger partial charge on any atom is 4.00 e. The standard InChI is InChI=1S/C13H17.Hf/c1-11-7-5-6-10-13(11)12-8-3-2-4-9-12;/h5-7,10-11H,1-4,8-9H2;/q-1;+4. The van der Waals surface area contributed by atoms with Crippen molar-refractivity contribution in [3.05, 3.63) is 42.4 Å². The predicted molar refractivity (Wildman–Crippen MR) is 57.2 cm³/mol. The van der Waals surface area contributed by atoms with E-state index in [1.165, 1.54) is 37.7 Å². The van der Waals surface area contributed by atoms with Crippen LogP contribution in [0.2, 0.25) is 0 Å². The fourth-order valence-electron chi connectivity index (χ4n) is 2.23.